The van der Waals surface area contributed by atoms with Gasteiger partial charge in [0.15, 0.2) is 5.78 Å². The molecule has 2 aliphatic rings. The van der Waals surface area contributed by atoms with Crippen LogP contribution in [0, 0.1) is 5.92 Å². The van der Waals surface area contributed by atoms with Gasteiger partial charge in [-0.1, -0.05) is 0 Å². The van der Waals surface area contributed by atoms with Crippen molar-refractivity contribution in [3.8, 4) is 0 Å². The minimum atomic E-state index is -4.85. The Kier molecular flexibility index (Phi) is 4.58. The van der Waals surface area contributed by atoms with Crippen LogP contribution in [-0.4, -0.2) is 63.1 Å². The van der Waals surface area contributed by atoms with Crippen LogP contribution in [0.2, 0.25) is 0 Å². The molecule has 1 aromatic rings. The summed E-state index contributed by atoms with van der Waals surface area (Å²) in [4.78, 5) is 55.4. The number of aliphatic hydroxyl groups is 1. The topological polar surface area (TPSA) is 171 Å². The van der Waals surface area contributed by atoms with Gasteiger partial charge in [-0.3, -0.25) is 4.79 Å². The van der Waals surface area contributed by atoms with E-state index >= 15 is 0 Å². The second-order valence-corrected chi connectivity index (χ2v) is 10.3. The molecule has 134 valence electrons. The van der Waals surface area contributed by atoms with Crippen LogP contribution in [0.3, 0.4) is 0 Å². The van der Waals surface area contributed by atoms with E-state index in [0.29, 0.717) is 12.8 Å². The molecule has 2 fully saturated rings. The SMILES string of the molecule is NCC(=O)C12CC[C@H]1C([P@@](O)C(O)(Cn1ccnc1)[P+](O)(O)O)O2. The van der Waals surface area contributed by atoms with Crippen LogP contribution in [0.5, 0.6) is 0 Å². The Morgan fingerprint density at radius 3 is 2.67 bits per heavy atom. The molecular formula is C12H20N3O7P2+. The highest BCUT2D eigenvalue weighted by atomic mass is 31.3. The molecule has 1 aliphatic carbocycles. The Hall–Kier alpha value is -0.540. The van der Waals surface area contributed by atoms with Crippen molar-refractivity contribution in [2.24, 2.45) is 11.7 Å². The zero-order valence-electron chi connectivity index (χ0n) is 12.6. The maximum atomic E-state index is 11.9. The van der Waals surface area contributed by atoms with Gasteiger partial charge in [-0.05, 0) is 12.8 Å². The van der Waals surface area contributed by atoms with Crippen molar-refractivity contribution in [1.82, 2.24) is 9.55 Å². The molecule has 12 heteroatoms. The summed E-state index contributed by atoms with van der Waals surface area (Å²) in [5.41, 5.74) is 4.33. The maximum Gasteiger partial charge on any atom is 0.447 e. The monoisotopic (exact) mass is 380 g/mol. The average molecular weight is 380 g/mol. The fourth-order valence-electron chi connectivity index (χ4n) is 3.26. The molecule has 0 amide bonds. The smallest absolute Gasteiger partial charge is 0.365 e. The molecule has 10 nitrogen and oxygen atoms in total. The van der Waals surface area contributed by atoms with Crippen molar-refractivity contribution < 1.29 is 34.2 Å². The van der Waals surface area contributed by atoms with Crippen molar-refractivity contribution >= 4 is 21.9 Å². The normalized spacial score (nSPS) is 32.9. The molecular weight excluding hydrogens is 360 g/mol. The number of nitrogens with two attached hydrogens (primary N) is 1. The number of ketones is 1. The fraction of sp³-hybridized carbons (Fsp3) is 0.667. The van der Waals surface area contributed by atoms with Crippen LogP contribution >= 0.6 is 16.1 Å². The molecule has 1 aromatic heterocycles. The standard InChI is InChI=1S/C12H20N3O7P2/c13-5-9(16)11-2-1-8(11)10(22-11)23(18)12(17,24(19,20)21)6-15-4-3-14-7-15/h3-4,7-8,10,17-21H,1-2,5-6,13H2/q+1/t8-,10?,11?,12?,23+/m0/s1. The Balaban J connectivity index is 1.81. The van der Waals surface area contributed by atoms with Gasteiger partial charge < -0.3 is 25.0 Å². The third-order valence-corrected chi connectivity index (χ3v) is 9.15. The van der Waals surface area contributed by atoms with E-state index in [9.17, 15) is 29.5 Å². The average Bonchev–Trinajstić information content (AvgIpc) is 3.00. The third kappa shape index (κ3) is 2.54. The number of aromatic nitrogens is 2. The van der Waals surface area contributed by atoms with Crippen LogP contribution in [-0.2, 0) is 16.1 Å². The molecule has 7 N–H and O–H groups in total. The molecule has 0 bridgehead atoms. The number of Topliss-reactive ketones (excluding diaryl/α,β-unsaturated/α-hetero) is 1. The lowest BCUT2D eigenvalue weighted by atomic mass is 9.63. The zero-order chi connectivity index (χ0) is 17.8. The first-order valence-corrected chi connectivity index (χ1v) is 10.3. The number of carbonyl (C=O) groups excluding carboxylic acids is 1. The number of hydrogen-bond acceptors (Lipinski definition) is 9. The Bertz CT molecular complexity index is 625. The minimum absolute atomic E-state index is 0.192. The van der Waals surface area contributed by atoms with Crippen LogP contribution in [0.4, 0.5) is 0 Å². The summed E-state index contributed by atoms with van der Waals surface area (Å²) in [6.07, 6.45) is 5.22. The molecule has 1 saturated carbocycles. The summed E-state index contributed by atoms with van der Waals surface area (Å²) >= 11 is 0. The van der Waals surface area contributed by atoms with Crippen LogP contribution in [0.15, 0.2) is 18.7 Å². The van der Waals surface area contributed by atoms with Gasteiger partial charge in [-0.2, -0.15) is 14.7 Å². The van der Waals surface area contributed by atoms with Crippen molar-refractivity contribution in [2.45, 2.75) is 35.9 Å². The van der Waals surface area contributed by atoms with Gasteiger partial charge in [-0.25, -0.2) is 4.98 Å². The van der Waals surface area contributed by atoms with E-state index in [4.69, 9.17) is 10.5 Å². The lowest BCUT2D eigenvalue weighted by Crippen LogP contribution is -2.71. The van der Waals surface area contributed by atoms with Gasteiger partial charge in [0, 0.05) is 18.3 Å². The molecule has 1 aliphatic heterocycles. The molecule has 24 heavy (non-hydrogen) atoms. The quantitative estimate of drug-likeness (QED) is 0.314. The first kappa shape index (κ1) is 18.3. The number of fused-ring (bicyclic) bond motifs is 1. The number of nitrogens with zero attached hydrogens (tertiary/aromatic N) is 2. The molecule has 3 unspecified atom stereocenters. The number of rotatable bonds is 7. The van der Waals surface area contributed by atoms with Crippen molar-refractivity contribution in [1.29, 1.82) is 0 Å². The second kappa shape index (κ2) is 6.02. The van der Waals surface area contributed by atoms with Crippen molar-refractivity contribution in [3.05, 3.63) is 18.7 Å². The number of imidazole rings is 1. The summed E-state index contributed by atoms with van der Waals surface area (Å²) in [5.74, 6) is -1.58. The largest absolute Gasteiger partial charge is 0.447 e. The van der Waals surface area contributed by atoms with E-state index in [-0.39, 0.29) is 18.2 Å². The highest BCUT2D eigenvalue weighted by Crippen LogP contribution is 2.76. The summed E-state index contributed by atoms with van der Waals surface area (Å²) in [7, 11) is -7.43. The van der Waals surface area contributed by atoms with E-state index in [1.165, 1.54) is 23.3 Å². The van der Waals surface area contributed by atoms with Gasteiger partial charge in [0.1, 0.15) is 26.1 Å². The van der Waals surface area contributed by atoms with Crippen LogP contribution in [0.1, 0.15) is 12.8 Å². The van der Waals surface area contributed by atoms with Crippen molar-refractivity contribution in [3.63, 3.8) is 0 Å². The predicted octanol–water partition coefficient (Wildman–Crippen LogP) is -1.31. The van der Waals surface area contributed by atoms with Gasteiger partial charge in [-0.15, -0.1) is 0 Å². The van der Waals surface area contributed by atoms with Crippen LogP contribution < -0.4 is 5.73 Å². The highest BCUT2D eigenvalue weighted by molar-refractivity contribution is 7.75. The third-order valence-electron chi connectivity index (χ3n) is 4.80. The summed E-state index contributed by atoms with van der Waals surface area (Å²) in [6, 6.07) is 0. The van der Waals surface area contributed by atoms with Gasteiger partial charge in [0.25, 0.3) is 0 Å². The van der Waals surface area contributed by atoms with Gasteiger partial charge in [0.05, 0.1) is 12.9 Å². The van der Waals surface area contributed by atoms with E-state index in [0.717, 1.165) is 0 Å². The Labute approximate surface area is 139 Å². The highest BCUT2D eigenvalue weighted by Gasteiger charge is 2.74. The van der Waals surface area contributed by atoms with E-state index < -0.39 is 39.2 Å². The number of carbonyl (C=O) groups is 1. The first-order valence-electron chi connectivity index (χ1n) is 7.30. The van der Waals surface area contributed by atoms with Gasteiger partial charge in [0.2, 0.25) is 0 Å². The molecule has 0 radical (unpaired) electrons. The lowest BCUT2D eigenvalue weighted by molar-refractivity contribution is -0.267. The van der Waals surface area contributed by atoms with Gasteiger partial charge >= 0.3 is 13.0 Å². The maximum absolute atomic E-state index is 11.9. The molecule has 1 saturated heterocycles. The Morgan fingerprint density at radius 1 is 1.54 bits per heavy atom. The summed E-state index contributed by atoms with van der Waals surface area (Å²) in [5, 5.41) is 8.09. The molecule has 5 atom stereocenters. The Morgan fingerprint density at radius 2 is 2.25 bits per heavy atom. The second-order valence-electron chi connectivity index (χ2n) is 6.09. The van der Waals surface area contributed by atoms with Crippen LogP contribution in [0.25, 0.3) is 0 Å². The van der Waals surface area contributed by atoms with E-state index in [2.05, 4.69) is 4.98 Å². The summed E-state index contributed by atoms with van der Waals surface area (Å²) < 4.78 is 6.86. The first-order chi connectivity index (χ1) is 11.2. The number of ether oxygens (including phenoxy) is 1. The molecule has 3 rings (SSSR count). The predicted molar refractivity (Wildman–Crippen MR) is 84.3 cm³/mol. The van der Waals surface area contributed by atoms with E-state index in [1.807, 2.05) is 0 Å². The van der Waals surface area contributed by atoms with E-state index in [1.54, 1.807) is 0 Å². The molecule has 0 spiro atoms. The zero-order valence-corrected chi connectivity index (χ0v) is 14.4. The molecule has 0 aromatic carbocycles. The van der Waals surface area contributed by atoms with Crippen molar-refractivity contribution in [2.75, 3.05) is 6.54 Å². The molecule has 2 heterocycles. The minimum Gasteiger partial charge on any atom is -0.365 e. The fourth-order valence-corrected chi connectivity index (χ4v) is 6.79. The summed E-state index contributed by atoms with van der Waals surface area (Å²) in [6.45, 7) is -0.667. The number of hydrogen-bond donors (Lipinski definition) is 6. The lowest BCUT2D eigenvalue weighted by Gasteiger charge is -2.62.